The van der Waals surface area contributed by atoms with E-state index in [0.29, 0.717) is 0 Å². The Balaban J connectivity index is 1.71. The Labute approximate surface area is 131 Å². The van der Waals surface area contributed by atoms with Gasteiger partial charge in [0, 0.05) is 16.8 Å². The normalized spacial score (nSPS) is 22.1. The molecule has 21 heavy (non-hydrogen) atoms. The molecule has 0 bridgehead atoms. The molecule has 4 nitrogen and oxygen atoms in total. The van der Waals surface area contributed by atoms with Gasteiger partial charge >= 0.3 is 0 Å². The van der Waals surface area contributed by atoms with Crippen LogP contribution in [0.4, 0.5) is 0 Å². The highest BCUT2D eigenvalue weighted by molar-refractivity contribution is 8.00. The summed E-state index contributed by atoms with van der Waals surface area (Å²) in [5, 5.41) is 5.22. The van der Waals surface area contributed by atoms with Gasteiger partial charge in [0.2, 0.25) is 5.91 Å². The summed E-state index contributed by atoms with van der Waals surface area (Å²) in [6.07, 6.45) is 8.30. The van der Waals surface area contributed by atoms with Crippen LogP contribution in [0.25, 0.3) is 10.2 Å². The zero-order chi connectivity index (χ0) is 14.2. The minimum atomic E-state index is -0.0115. The number of hydrogen-bond acceptors (Lipinski definition) is 5. The van der Waals surface area contributed by atoms with Crippen LogP contribution in [0.5, 0.6) is 0 Å². The molecule has 1 atom stereocenters. The Kier molecular flexibility index (Phi) is 3.59. The Bertz CT molecular complexity index is 698. The maximum absolute atomic E-state index is 12.2. The number of carbonyl (C=O) groups is 1. The number of fused-ring (bicyclic) bond motifs is 3. The molecule has 1 aliphatic carbocycles. The van der Waals surface area contributed by atoms with E-state index in [1.54, 1.807) is 29.4 Å². The highest BCUT2D eigenvalue weighted by Gasteiger charge is 2.26. The zero-order valence-electron chi connectivity index (χ0n) is 11.7. The molecule has 2 aromatic rings. The van der Waals surface area contributed by atoms with Crippen molar-refractivity contribution in [3.8, 4) is 0 Å². The van der Waals surface area contributed by atoms with Crippen LogP contribution in [-0.4, -0.2) is 27.7 Å². The van der Waals surface area contributed by atoms with Crippen molar-refractivity contribution in [2.45, 2.75) is 48.8 Å². The largest absolute Gasteiger partial charge is 0.355 e. The second-order valence-corrected chi connectivity index (χ2v) is 7.88. The van der Waals surface area contributed by atoms with Gasteiger partial charge in [0.15, 0.2) is 0 Å². The predicted molar refractivity (Wildman–Crippen MR) is 85.9 cm³/mol. The maximum atomic E-state index is 12.2. The molecule has 0 radical (unpaired) electrons. The first-order chi connectivity index (χ1) is 10.3. The second kappa shape index (κ2) is 5.57. The van der Waals surface area contributed by atoms with Gasteiger partial charge in [-0.1, -0.05) is 18.2 Å². The van der Waals surface area contributed by atoms with Crippen molar-refractivity contribution in [1.82, 2.24) is 15.3 Å². The summed E-state index contributed by atoms with van der Waals surface area (Å²) in [4.78, 5) is 23.6. The molecule has 0 aromatic carbocycles. The minimum Gasteiger partial charge on any atom is -0.355 e. The van der Waals surface area contributed by atoms with E-state index >= 15 is 0 Å². The molecule has 1 N–H and O–H groups in total. The fourth-order valence-electron chi connectivity index (χ4n) is 3.15. The fraction of sp³-hybridized carbons (Fsp3) is 0.533. The van der Waals surface area contributed by atoms with Crippen molar-refractivity contribution in [1.29, 1.82) is 0 Å². The van der Waals surface area contributed by atoms with Crippen LogP contribution in [0.3, 0.4) is 0 Å². The SMILES string of the molecule is O=C1NCCCCC1Sc1ncnc2sc3c(c12)CCC3. The molecule has 1 amide bonds. The van der Waals surface area contributed by atoms with Gasteiger partial charge in [0.05, 0.1) is 5.25 Å². The summed E-state index contributed by atoms with van der Waals surface area (Å²) in [6, 6.07) is 0. The lowest BCUT2D eigenvalue weighted by Gasteiger charge is -2.12. The number of rotatable bonds is 2. The molecule has 1 saturated heterocycles. The number of thiophene rings is 1. The van der Waals surface area contributed by atoms with Gasteiger partial charge in [-0.15, -0.1) is 11.3 Å². The monoisotopic (exact) mass is 319 g/mol. The van der Waals surface area contributed by atoms with Gasteiger partial charge in [0.1, 0.15) is 16.2 Å². The number of aromatic nitrogens is 2. The average molecular weight is 319 g/mol. The third kappa shape index (κ3) is 2.44. The van der Waals surface area contributed by atoms with Crippen molar-refractivity contribution in [3.05, 3.63) is 16.8 Å². The smallest absolute Gasteiger partial charge is 0.233 e. The van der Waals surface area contributed by atoms with Gasteiger partial charge in [-0.25, -0.2) is 9.97 Å². The second-order valence-electron chi connectivity index (χ2n) is 5.61. The number of amides is 1. The molecule has 2 aliphatic rings. The van der Waals surface area contributed by atoms with E-state index in [0.717, 1.165) is 42.1 Å². The first-order valence-electron chi connectivity index (χ1n) is 7.52. The molecule has 2 aromatic heterocycles. The van der Waals surface area contributed by atoms with Crippen molar-refractivity contribution in [2.75, 3.05) is 6.54 Å². The first kappa shape index (κ1) is 13.5. The van der Waals surface area contributed by atoms with Gasteiger partial charge in [-0.05, 0) is 37.7 Å². The van der Waals surface area contributed by atoms with Gasteiger partial charge in [0.25, 0.3) is 0 Å². The average Bonchev–Trinajstić information content (AvgIpc) is 3.00. The molecule has 0 spiro atoms. The lowest BCUT2D eigenvalue weighted by atomic mass is 10.2. The standard InChI is InChI=1S/C15H17N3OS2/c19-13-11(5-1-2-7-16-13)21-15-12-9-4-3-6-10(9)20-14(12)17-8-18-15/h8,11H,1-7H2,(H,16,19). The maximum Gasteiger partial charge on any atom is 0.233 e. The van der Waals surface area contributed by atoms with Crippen LogP contribution in [0, 0.1) is 0 Å². The van der Waals surface area contributed by atoms with Crippen molar-refractivity contribution in [2.24, 2.45) is 0 Å². The zero-order valence-corrected chi connectivity index (χ0v) is 13.4. The number of aryl methyl sites for hydroxylation is 2. The summed E-state index contributed by atoms with van der Waals surface area (Å²) in [5.41, 5.74) is 1.44. The van der Waals surface area contributed by atoms with Crippen LogP contribution in [0.1, 0.15) is 36.1 Å². The molecule has 1 aliphatic heterocycles. The van der Waals surface area contributed by atoms with E-state index in [1.807, 2.05) is 0 Å². The topological polar surface area (TPSA) is 54.9 Å². The quantitative estimate of drug-likeness (QED) is 0.865. The summed E-state index contributed by atoms with van der Waals surface area (Å²) >= 11 is 3.43. The number of nitrogens with zero attached hydrogens (tertiary/aromatic N) is 2. The van der Waals surface area contributed by atoms with Crippen LogP contribution in [0.2, 0.25) is 0 Å². The fourth-order valence-corrected chi connectivity index (χ4v) is 5.63. The first-order valence-corrected chi connectivity index (χ1v) is 9.22. The molecule has 6 heteroatoms. The Morgan fingerprint density at radius 1 is 1.24 bits per heavy atom. The third-order valence-electron chi connectivity index (χ3n) is 4.21. The third-order valence-corrected chi connectivity index (χ3v) is 6.67. The lowest BCUT2D eigenvalue weighted by Crippen LogP contribution is -2.30. The molecule has 4 rings (SSSR count). The highest BCUT2D eigenvalue weighted by Crippen LogP contribution is 2.41. The summed E-state index contributed by atoms with van der Waals surface area (Å²) in [6.45, 7) is 0.808. The lowest BCUT2D eigenvalue weighted by molar-refractivity contribution is -0.120. The molecule has 1 unspecified atom stereocenters. The Morgan fingerprint density at radius 2 is 2.19 bits per heavy atom. The number of hydrogen-bond donors (Lipinski definition) is 1. The molecular weight excluding hydrogens is 302 g/mol. The van der Waals surface area contributed by atoms with E-state index in [2.05, 4.69) is 15.3 Å². The molecular formula is C15H17N3OS2. The van der Waals surface area contributed by atoms with Crippen molar-refractivity contribution >= 4 is 39.2 Å². The molecule has 0 saturated carbocycles. The van der Waals surface area contributed by atoms with Crippen LogP contribution in [-0.2, 0) is 17.6 Å². The Hall–Kier alpha value is -1.14. The molecule has 110 valence electrons. The summed E-state index contributed by atoms with van der Waals surface area (Å²) in [5.74, 6) is 0.163. The summed E-state index contributed by atoms with van der Waals surface area (Å²) < 4.78 is 0. The van der Waals surface area contributed by atoms with E-state index < -0.39 is 0 Å². The van der Waals surface area contributed by atoms with Crippen molar-refractivity contribution < 1.29 is 4.79 Å². The Morgan fingerprint density at radius 3 is 3.14 bits per heavy atom. The number of carbonyl (C=O) groups excluding carboxylic acids is 1. The van der Waals surface area contributed by atoms with Crippen LogP contribution < -0.4 is 5.32 Å². The van der Waals surface area contributed by atoms with E-state index in [-0.39, 0.29) is 11.2 Å². The van der Waals surface area contributed by atoms with Crippen LogP contribution in [0.15, 0.2) is 11.4 Å². The molecule has 1 fully saturated rings. The van der Waals surface area contributed by atoms with E-state index in [4.69, 9.17) is 0 Å². The van der Waals surface area contributed by atoms with E-state index in [9.17, 15) is 4.79 Å². The summed E-state index contributed by atoms with van der Waals surface area (Å²) in [7, 11) is 0. The van der Waals surface area contributed by atoms with Gasteiger partial charge < -0.3 is 5.32 Å². The minimum absolute atomic E-state index is 0.0115. The van der Waals surface area contributed by atoms with Gasteiger partial charge in [-0.2, -0.15) is 0 Å². The number of nitrogens with one attached hydrogen (secondary N) is 1. The number of thioether (sulfide) groups is 1. The van der Waals surface area contributed by atoms with Crippen LogP contribution >= 0.6 is 23.1 Å². The molecule has 3 heterocycles. The van der Waals surface area contributed by atoms with Gasteiger partial charge in [-0.3, -0.25) is 4.79 Å². The van der Waals surface area contributed by atoms with Crippen molar-refractivity contribution in [3.63, 3.8) is 0 Å². The van der Waals surface area contributed by atoms with E-state index in [1.165, 1.54) is 28.7 Å². The highest BCUT2D eigenvalue weighted by atomic mass is 32.2. The predicted octanol–water partition coefficient (Wildman–Crippen LogP) is 2.94.